The van der Waals surface area contributed by atoms with Crippen LogP contribution >= 0.6 is 0 Å². The van der Waals surface area contributed by atoms with Gasteiger partial charge in [0, 0.05) is 7.05 Å². The molecule has 13 heteroatoms. The average Bonchev–Trinajstić information content (AvgIpc) is 3.29. The number of para-hydroxylation sites is 2. The normalized spacial score (nSPS) is 19.6. The van der Waals surface area contributed by atoms with Gasteiger partial charge in [-0.05, 0) is 19.1 Å². The van der Waals surface area contributed by atoms with Crippen molar-refractivity contribution in [2.45, 2.75) is 25.6 Å². The fraction of sp³-hybridized carbons (Fsp3) is 0.391. The van der Waals surface area contributed by atoms with Crippen LogP contribution in [0.5, 0.6) is 5.75 Å². The van der Waals surface area contributed by atoms with Gasteiger partial charge in [0.2, 0.25) is 11.9 Å². The molecule has 3 N–H and O–H groups in total. The molecule has 2 atom stereocenters. The molecule has 2 aliphatic rings. The van der Waals surface area contributed by atoms with Gasteiger partial charge in [0.1, 0.15) is 12.3 Å². The summed E-state index contributed by atoms with van der Waals surface area (Å²) in [4.78, 5) is 32.8. The molecule has 13 nitrogen and oxygen atoms in total. The Balaban J connectivity index is 1.65. The number of methoxy groups -OCH3 is 1. The molecule has 0 amide bonds. The molecule has 36 heavy (non-hydrogen) atoms. The summed E-state index contributed by atoms with van der Waals surface area (Å²) in [7, 11) is 3.04. The summed E-state index contributed by atoms with van der Waals surface area (Å²) in [6.07, 6.45) is 1.26. The molecule has 0 unspecified atom stereocenters. The summed E-state index contributed by atoms with van der Waals surface area (Å²) < 4.78 is 18.4. The second kappa shape index (κ2) is 9.77. The van der Waals surface area contributed by atoms with Gasteiger partial charge in [-0.15, -0.1) is 0 Å². The zero-order chi connectivity index (χ0) is 25.2. The number of hydrogen-bond donors (Lipinski definition) is 2. The molecule has 1 aromatic carbocycles. The van der Waals surface area contributed by atoms with Crippen molar-refractivity contribution >= 4 is 40.7 Å². The van der Waals surface area contributed by atoms with Crippen molar-refractivity contribution in [3.8, 4) is 11.7 Å². The van der Waals surface area contributed by atoms with Crippen LogP contribution in [0.4, 0.5) is 11.8 Å². The van der Waals surface area contributed by atoms with Crippen molar-refractivity contribution in [3.63, 3.8) is 0 Å². The van der Waals surface area contributed by atoms with E-state index < -0.39 is 5.97 Å². The number of hydrogen-bond acceptors (Lipinski definition) is 12. The zero-order valence-electron chi connectivity index (χ0n) is 20.2. The van der Waals surface area contributed by atoms with Gasteiger partial charge in [-0.3, -0.25) is 4.99 Å². The Labute approximate surface area is 207 Å². The minimum atomic E-state index is -0.684. The van der Waals surface area contributed by atoms with Crippen LogP contribution in [0.15, 0.2) is 34.4 Å². The Morgan fingerprint density at radius 1 is 1.28 bits per heavy atom. The number of rotatable bonds is 6. The van der Waals surface area contributed by atoms with Crippen LogP contribution in [0.3, 0.4) is 0 Å². The van der Waals surface area contributed by atoms with E-state index in [4.69, 9.17) is 25.3 Å². The van der Waals surface area contributed by atoms with Gasteiger partial charge in [-0.2, -0.15) is 10.1 Å². The Morgan fingerprint density at radius 3 is 2.89 bits per heavy atom. The number of nitrogens with zero attached hydrogens (tertiary/aromatic N) is 7. The van der Waals surface area contributed by atoms with E-state index in [1.54, 1.807) is 7.05 Å². The van der Waals surface area contributed by atoms with E-state index in [9.17, 15) is 4.79 Å². The number of fused-ring (bicyclic) bond motifs is 4. The summed E-state index contributed by atoms with van der Waals surface area (Å²) >= 11 is 0. The van der Waals surface area contributed by atoms with E-state index >= 15 is 0 Å². The van der Waals surface area contributed by atoms with E-state index in [0.29, 0.717) is 49.0 Å². The lowest BCUT2D eigenvalue weighted by Crippen LogP contribution is -2.56. The van der Waals surface area contributed by atoms with Gasteiger partial charge in [-0.25, -0.2) is 19.3 Å². The minimum Gasteiger partial charge on any atom is -0.486 e. The van der Waals surface area contributed by atoms with Gasteiger partial charge in [-0.1, -0.05) is 12.1 Å². The van der Waals surface area contributed by atoms with Crippen LogP contribution in [-0.4, -0.2) is 83.5 Å². The zero-order valence-corrected chi connectivity index (χ0v) is 20.2. The lowest BCUT2D eigenvalue weighted by Gasteiger charge is -2.44. The summed E-state index contributed by atoms with van der Waals surface area (Å²) in [6.45, 7) is 3.74. The topological polar surface area (TPSA) is 154 Å². The van der Waals surface area contributed by atoms with Crippen molar-refractivity contribution < 1.29 is 19.0 Å². The van der Waals surface area contributed by atoms with Gasteiger partial charge < -0.3 is 30.3 Å². The highest BCUT2D eigenvalue weighted by Gasteiger charge is 2.38. The minimum absolute atomic E-state index is 0.0268. The molecule has 4 heterocycles. The number of morpholine rings is 1. The quantitative estimate of drug-likeness (QED) is 0.219. The molecular weight excluding hydrogens is 466 g/mol. The first-order valence-electron chi connectivity index (χ1n) is 11.5. The van der Waals surface area contributed by atoms with E-state index in [1.165, 1.54) is 13.3 Å². The molecule has 0 spiro atoms. The largest absolute Gasteiger partial charge is 0.486 e. The van der Waals surface area contributed by atoms with Gasteiger partial charge in [0.25, 0.3) is 0 Å². The fourth-order valence-corrected chi connectivity index (χ4v) is 4.44. The Morgan fingerprint density at radius 2 is 2.11 bits per heavy atom. The predicted molar refractivity (Wildman–Crippen MR) is 134 cm³/mol. The van der Waals surface area contributed by atoms with E-state index in [2.05, 4.69) is 37.0 Å². The standard InChI is InChI=1S/C23H27N9O4/c1-13-10-35-11-14-12-36-19-16(8-26-9-17(30-24)21(33)34-3)28-23(29-20(19)31(13)14)32-18-7-5-4-6-15(18)27-22(32)25-2/h4-7,9,13-14H,8,10-12,24H2,1-3H3,(H,25,27)/t13-,14+/m1/s1. The summed E-state index contributed by atoms with van der Waals surface area (Å²) in [5.74, 6) is 6.85. The third-order valence-electron chi connectivity index (χ3n) is 6.08. The van der Waals surface area contributed by atoms with Crippen LogP contribution < -0.4 is 20.8 Å². The van der Waals surface area contributed by atoms with Crippen molar-refractivity contribution in [1.82, 2.24) is 19.5 Å². The van der Waals surface area contributed by atoms with Crippen LogP contribution in [0.25, 0.3) is 17.0 Å². The number of nitrogens with one attached hydrogen (secondary N) is 1. The molecule has 1 fully saturated rings. The Hall–Kier alpha value is -4.26. The van der Waals surface area contributed by atoms with Crippen molar-refractivity contribution in [3.05, 3.63) is 30.0 Å². The number of carbonyl (C=O) groups is 1. The van der Waals surface area contributed by atoms with Crippen molar-refractivity contribution in [1.29, 1.82) is 0 Å². The average molecular weight is 494 g/mol. The highest BCUT2D eigenvalue weighted by Crippen LogP contribution is 2.39. The molecule has 0 radical (unpaired) electrons. The third-order valence-corrected chi connectivity index (χ3v) is 6.08. The maximum atomic E-state index is 11.8. The van der Waals surface area contributed by atoms with E-state index in [-0.39, 0.29) is 24.3 Å². The van der Waals surface area contributed by atoms with Crippen molar-refractivity contribution in [2.75, 3.05) is 44.2 Å². The SMILES string of the molecule is CNc1nc2ccccc2n1-c1nc(CN=CC(=NN)C(=O)OC)c2c(n1)N1[C@@H](COC[C@H]1C)CO2. The van der Waals surface area contributed by atoms with Gasteiger partial charge >= 0.3 is 5.97 Å². The van der Waals surface area contributed by atoms with Crippen LogP contribution in [0.1, 0.15) is 12.6 Å². The van der Waals surface area contributed by atoms with Crippen molar-refractivity contribution in [2.24, 2.45) is 15.9 Å². The van der Waals surface area contributed by atoms with Crippen LogP contribution in [0.2, 0.25) is 0 Å². The number of aliphatic imine (C=N–C) groups is 1. The number of aromatic nitrogens is 4. The molecule has 5 rings (SSSR count). The smallest absolute Gasteiger partial charge is 0.360 e. The summed E-state index contributed by atoms with van der Waals surface area (Å²) in [5, 5.41) is 6.57. The first-order valence-corrected chi connectivity index (χ1v) is 11.5. The number of imidazole rings is 1. The summed E-state index contributed by atoms with van der Waals surface area (Å²) in [6, 6.07) is 7.87. The summed E-state index contributed by atoms with van der Waals surface area (Å²) in [5.41, 5.74) is 2.09. The molecule has 1 saturated heterocycles. The molecular formula is C23H27N9O4. The maximum absolute atomic E-state index is 11.8. The van der Waals surface area contributed by atoms with Crippen LogP contribution in [-0.2, 0) is 20.8 Å². The van der Waals surface area contributed by atoms with E-state index in [1.807, 2.05) is 28.8 Å². The second-order valence-corrected chi connectivity index (χ2v) is 8.37. The third kappa shape index (κ3) is 4.06. The maximum Gasteiger partial charge on any atom is 0.360 e. The molecule has 3 aromatic rings. The highest BCUT2D eigenvalue weighted by atomic mass is 16.5. The predicted octanol–water partition coefficient (Wildman–Crippen LogP) is 0.902. The number of anilines is 2. The van der Waals surface area contributed by atoms with Gasteiger partial charge in [0.15, 0.2) is 17.3 Å². The molecule has 188 valence electrons. The molecule has 2 aliphatic heterocycles. The van der Waals surface area contributed by atoms with Crippen LogP contribution in [0, 0.1) is 0 Å². The van der Waals surface area contributed by atoms with E-state index in [0.717, 1.165) is 11.0 Å². The fourth-order valence-electron chi connectivity index (χ4n) is 4.44. The Kier molecular flexibility index (Phi) is 6.38. The second-order valence-electron chi connectivity index (χ2n) is 8.37. The number of esters is 1. The molecule has 0 aliphatic carbocycles. The number of nitrogens with two attached hydrogens (primary N) is 1. The number of benzene rings is 1. The lowest BCUT2D eigenvalue weighted by molar-refractivity contribution is -0.132. The molecule has 0 saturated carbocycles. The number of ether oxygens (including phenoxy) is 3. The molecule has 2 aromatic heterocycles. The number of carbonyl (C=O) groups excluding carboxylic acids is 1. The number of hydrazone groups is 1. The Bertz CT molecular complexity index is 1350. The first-order chi connectivity index (χ1) is 17.5. The first kappa shape index (κ1) is 23.5. The molecule has 0 bridgehead atoms. The van der Waals surface area contributed by atoms with Gasteiger partial charge in [0.05, 0.1) is 56.2 Å². The lowest BCUT2D eigenvalue weighted by atomic mass is 10.1. The monoisotopic (exact) mass is 493 g/mol. The highest BCUT2D eigenvalue weighted by molar-refractivity contribution is 6.59.